The Morgan fingerprint density at radius 3 is 2.48 bits per heavy atom. The molecule has 0 saturated carbocycles. The highest BCUT2D eigenvalue weighted by atomic mass is 35.5. The molecule has 2 rings (SSSR count). The molecule has 0 fully saturated rings. The van der Waals surface area contributed by atoms with Crippen molar-refractivity contribution in [3.63, 3.8) is 0 Å². The monoisotopic (exact) mass is 392 g/mol. The number of aromatic nitrogens is 1. The van der Waals surface area contributed by atoms with Crippen molar-refractivity contribution in [2.24, 2.45) is 0 Å². The van der Waals surface area contributed by atoms with Crippen LogP contribution in [0.4, 0.5) is 5.82 Å². The number of pyridine rings is 1. The van der Waals surface area contributed by atoms with Crippen LogP contribution in [0.1, 0.15) is 20.3 Å². The average Bonchev–Trinajstić information content (AvgIpc) is 2.67. The summed E-state index contributed by atoms with van der Waals surface area (Å²) in [7, 11) is 0. The van der Waals surface area contributed by atoms with Crippen LogP contribution in [-0.2, 0) is 14.3 Å². The summed E-state index contributed by atoms with van der Waals surface area (Å²) in [6.07, 6.45) is 1.25. The molecule has 0 aliphatic heterocycles. The number of para-hydroxylation sites is 2. The van der Waals surface area contributed by atoms with Gasteiger partial charge in [-0.25, -0.2) is 9.78 Å². The minimum atomic E-state index is -1.01. The van der Waals surface area contributed by atoms with Gasteiger partial charge in [-0.3, -0.25) is 4.79 Å². The molecule has 1 aromatic heterocycles. The first kappa shape index (κ1) is 20.5. The van der Waals surface area contributed by atoms with Crippen LogP contribution in [0, 0.1) is 0 Å². The van der Waals surface area contributed by atoms with E-state index >= 15 is 0 Å². The van der Waals surface area contributed by atoms with Gasteiger partial charge in [0.2, 0.25) is 0 Å². The maximum absolute atomic E-state index is 12.1. The highest BCUT2D eigenvalue weighted by molar-refractivity contribution is 6.30. The van der Waals surface area contributed by atoms with Crippen LogP contribution < -0.4 is 14.8 Å². The van der Waals surface area contributed by atoms with Crippen LogP contribution in [0.5, 0.6) is 11.5 Å². The zero-order valence-electron chi connectivity index (χ0n) is 15.1. The normalized spacial score (nSPS) is 11.4. The fourth-order valence-electron chi connectivity index (χ4n) is 2.00. The Labute approximate surface area is 162 Å². The standard InChI is InChI=1S/C19H21ClN2O5/c1-3-10-25-15-6-4-5-7-16(15)26-12-18(23)27-13(2)19(24)22-17-9-8-14(20)11-21-17/h4-9,11,13H,3,10,12H2,1-2H3,(H,21,22,24)/t13-/m1/s1. The number of nitrogens with zero attached hydrogens (tertiary/aromatic N) is 1. The van der Waals surface area contributed by atoms with E-state index in [1.54, 1.807) is 30.3 Å². The second-order valence-electron chi connectivity index (χ2n) is 5.57. The Morgan fingerprint density at radius 2 is 1.85 bits per heavy atom. The lowest BCUT2D eigenvalue weighted by molar-refractivity contribution is -0.155. The van der Waals surface area contributed by atoms with Crippen molar-refractivity contribution >= 4 is 29.3 Å². The quantitative estimate of drug-likeness (QED) is 0.657. The van der Waals surface area contributed by atoms with E-state index in [9.17, 15) is 9.59 Å². The number of carbonyl (C=O) groups is 2. The maximum atomic E-state index is 12.1. The molecule has 1 atom stereocenters. The Bertz CT molecular complexity index is 767. The molecule has 0 aliphatic carbocycles. The molecular formula is C19H21ClN2O5. The van der Waals surface area contributed by atoms with Crippen molar-refractivity contribution in [3.05, 3.63) is 47.6 Å². The van der Waals surface area contributed by atoms with E-state index in [0.717, 1.165) is 6.42 Å². The summed E-state index contributed by atoms with van der Waals surface area (Å²) in [6, 6.07) is 10.2. The number of hydrogen-bond acceptors (Lipinski definition) is 6. The number of esters is 1. The Kier molecular flexibility index (Phi) is 7.88. The minimum Gasteiger partial charge on any atom is -0.490 e. The molecule has 27 heavy (non-hydrogen) atoms. The number of ether oxygens (including phenoxy) is 3. The van der Waals surface area contributed by atoms with E-state index < -0.39 is 18.0 Å². The van der Waals surface area contributed by atoms with Gasteiger partial charge in [0.15, 0.2) is 24.2 Å². The third kappa shape index (κ3) is 6.79. The summed E-state index contributed by atoms with van der Waals surface area (Å²) in [6.45, 7) is 3.65. The van der Waals surface area contributed by atoms with Gasteiger partial charge < -0.3 is 19.5 Å². The van der Waals surface area contributed by atoms with Crippen LogP contribution >= 0.6 is 11.6 Å². The van der Waals surface area contributed by atoms with Crippen molar-refractivity contribution < 1.29 is 23.8 Å². The van der Waals surface area contributed by atoms with Gasteiger partial charge in [-0.05, 0) is 37.6 Å². The van der Waals surface area contributed by atoms with Gasteiger partial charge in [0.05, 0.1) is 11.6 Å². The van der Waals surface area contributed by atoms with Crippen molar-refractivity contribution in [2.45, 2.75) is 26.4 Å². The lowest BCUT2D eigenvalue weighted by Crippen LogP contribution is -2.32. The van der Waals surface area contributed by atoms with Crippen LogP contribution in [0.25, 0.3) is 0 Å². The van der Waals surface area contributed by atoms with E-state index in [1.807, 2.05) is 13.0 Å². The van der Waals surface area contributed by atoms with Crippen LogP contribution in [0.2, 0.25) is 5.02 Å². The van der Waals surface area contributed by atoms with E-state index in [4.69, 9.17) is 25.8 Å². The summed E-state index contributed by atoms with van der Waals surface area (Å²) >= 11 is 5.74. The molecule has 144 valence electrons. The van der Waals surface area contributed by atoms with Gasteiger partial charge >= 0.3 is 5.97 Å². The Hall–Kier alpha value is -2.80. The number of halogens is 1. The Balaban J connectivity index is 1.82. The van der Waals surface area contributed by atoms with Gasteiger partial charge in [-0.15, -0.1) is 0 Å². The summed E-state index contributed by atoms with van der Waals surface area (Å²) < 4.78 is 16.1. The van der Waals surface area contributed by atoms with Gasteiger partial charge in [-0.2, -0.15) is 0 Å². The van der Waals surface area contributed by atoms with Crippen LogP contribution in [0.3, 0.4) is 0 Å². The minimum absolute atomic E-state index is 0.311. The molecule has 8 heteroatoms. The molecule has 7 nitrogen and oxygen atoms in total. The molecule has 1 aromatic carbocycles. The van der Waals surface area contributed by atoms with Gasteiger partial charge in [-0.1, -0.05) is 30.7 Å². The highest BCUT2D eigenvalue weighted by Crippen LogP contribution is 2.26. The third-order valence-corrected chi connectivity index (χ3v) is 3.54. The molecular weight excluding hydrogens is 372 g/mol. The number of carbonyl (C=O) groups excluding carboxylic acids is 2. The van der Waals surface area contributed by atoms with Crippen molar-refractivity contribution in [3.8, 4) is 11.5 Å². The second-order valence-corrected chi connectivity index (χ2v) is 6.00. The van der Waals surface area contributed by atoms with Gasteiger partial charge in [0.25, 0.3) is 5.91 Å². The summed E-state index contributed by atoms with van der Waals surface area (Å²) in [5.74, 6) is 0.111. The van der Waals surface area contributed by atoms with E-state index in [0.29, 0.717) is 28.9 Å². The van der Waals surface area contributed by atoms with Crippen molar-refractivity contribution in [1.82, 2.24) is 4.98 Å². The fourth-order valence-corrected chi connectivity index (χ4v) is 2.11. The molecule has 2 aromatic rings. The number of rotatable bonds is 9. The predicted molar refractivity (Wildman–Crippen MR) is 101 cm³/mol. The zero-order valence-corrected chi connectivity index (χ0v) is 15.9. The number of amides is 1. The van der Waals surface area contributed by atoms with Gasteiger partial charge in [0.1, 0.15) is 5.82 Å². The molecule has 1 amide bonds. The summed E-state index contributed by atoms with van der Waals surface area (Å²) in [5.41, 5.74) is 0. The largest absolute Gasteiger partial charge is 0.490 e. The molecule has 0 radical (unpaired) electrons. The number of anilines is 1. The molecule has 0 saturated heterocycles. The van der Waals surface area contributed by atoms with Gasteiger partial charge in [0, 0.05) is 6.20 Å². The van der Waals surface area contributed by atoms with Crippen LogP contribution in [-0.4, -0.2) is 36.2 Å². The fraction of sp³-hybridized carbons (Fsp3) is 0.316. The molecule has 0 spiro atoms. The lowest BCUT2D eigenvalue weighted by atomic mass is 10.3. The van der Waals surface area contributed by atoms with Crippen molar-refractivity contribution in [1.29, 1.82) is 0 Å². The first-order chi connectivity index (χ1) is 13.0. The smallest absolute Gasteiger partial charge is 0.344 e. The molecule has 1 heterocycles. The van der Waals surface area contributed by atoms with E-state index in [2.05, 4.69) is 10.3 Å². The third-order valence-electron chi connectivity index (χ3n) is 3.31. The van der Waals surface area contributed by atoms with Crippen molar-refractivity contribution in [2.75, 3.05) is 18.5 Å². The SMILES string of the molecule is CCCOc1ccccc1OCC(=O)O[C@H](C)C(=O)Nc1ccc(Cl)cn1. The summed E-state index contributed by atoms with van der Waals surface area (Å²) in [4.78, 5) is 28.0. The van der Waals surface area contributed by atoms with Crippen LogP contribution in [0.15, 0.2) is 42.6 Å². The summed E-state index contributed by atoms with van der Waals surface area (Å²) in [5, 5.41) is 2.99. The van der Waals surface area contributed by atoms with E-state index in [-0.39, 0.29) is 6.61 Å². The van der Waals surface area contributed by atoms with E-state index in [1.165, 1.54) is 13.1 Å². The topological polar surface area (TPSA) is 86.8 Å². The molecule has 1 N–H and O–H groups in total. The Morgan fingerprint density at radius 1 is 1.15 bits per heavy atom. The number of hydrogen-bond donors (Lipinski definition) is 1. The second kappa shape index (κ2) is 10.4. The highest BCUT2D eigenvalue weighted by Gasteiger charge is 2.19. The number of nitrogens with one attached hydrogen (secondary N) is 1. The average molecular weight is 393 g/mol. The molecule has 0 bridgehead atoms. The zero-order chi connectivity index (χ0) is 19.6. The first-order valence-electron chi connectivity index (χ1n) is 8.46. The maximum Gasteiger partial charge on any atom is 0.344 e. The molecule has 0 aliphatic rings. The predicted octanol–water partition coefficient (Wildman–Crippen LogP) is 3.47. The first-order valence-corrected chi connectivity index (χ1v) is 8.84. The molecule has 0 unspecified atom stereocenters. The number of benzene rings is 1. The lowest BCUT2D eigenvalue weighted by Gasteiger charge is -2.15.